The summed E-state index contributed by atoms with van der Waals surface area (Å²) in [5, 5.41) is 0.398. The lowest BCUT2D eigenvalue weighted by Crippen LogP contribution is -2.10. The number of aromatic amines is 1. The highest BCUT2D eigenvalue weighted by atomic mass is 35.5. The van der Waals surface area contributed by atoms with Crippen molar-refractivity contribution in [3.05, 3.63) is 41.4 Å². The number of nitrogens with zero attached hydrogens (tertiary/aromatic N) is 1. The molecular formula is C10H8ClN3O. The van der Waals surface area contributed by atoms with Crippen LogP contribution in [0, 0.1) is 0 Å². The van der Waals surface area contributed by atoms with E-state index >= 15 is 0 Å². The van der Waals surface area contributed by atoms with Gasteiger partial charge in [0.25, 0.3) is 5.91 Å². The quantitative estimate of drug-likeness (QED) is 0.812. The van der Waals surface area contributed by atoms with E-state index < -0.39 is 5.91 Å². The fraction of sp³-hybridized carbons (Fsp3) is 0. The molecule has 2 aromatic heterocycles. The van der Waals surface area contributed by atoms with E-state index in [0.29, 0.717) is 10.8 Å². The summed E-state index contributed by atoms with van der Waals surface area (Å²) in [7, 11) is 0. The number of primary amides is 1. The molecule has 0 radical (unpaired) electrons. The number of halogens is 1. The van der Waals surface area contributed by atoms with Gasteiger partial charge in [-0.1, -0.05) is 11.6 Å². The predicted octanol–water partition coefficient (Wildman–Crippen LogP) is 1.83. The summed E-state index contributed by atoms with van der Waals surface area (Å²) >= 11 is 5.94. The van der Waals surface area contributed by atoms with Crippen LogP contribution in [0.25, 0.3) is 11.1 Å². The number of carbonyl (C=O) groups is 1. The highest BCUT2D eigenvalue weighted by Crippen LogP contribution is 2.27. The number of amides is 1. The monoisotopic (exact) mass is 221 g/mol. The maximum atomic E-state index is 10.9. The van der Waals surface area contributed by atoms with Crippen LogP contribution < -0.4 is 5.73 Å². The Kier molecular flexibility index (Phi) is 2.43. The third kappa shape index (κ3) is 1.85. The Morgan fingerprint density at radius 1 is 1.40 bits per heavy atom. The van der Waals surface area contributed by atoms with Gasteiger partial charge in [-0.05, 0) is 23.8 Å². The molecular weight excluding hydrogens is 214 g/mol. The minimum atomic E-state index is -0.530. The third-order valence-electron chi connectivity index (χ3n) is 2.03. The number of pyridine rings is 1. The average Bonchev–Trinajstić information content (AvgIpc) is 2.62. The largest absolute Gasteiger partial charge is 0.364 e. The lowest BCUT2D eigenvalue weighted by molar-refractivity contribution is 0.0996. The maximum Gasteiger partial charge on any atom is 0.265 e. The van der Waals surface area contributed by atoms with E-state index in [1.54, 1.807) is 30.6 Å². The molecule has 2 heterocycles. The molecule has 0 unspecified atom stereocenters. The van der Waals surface area contributed by atoms with Crippen molar-refractivity contribution >= 4 is 17.5 Å². The summed E-state index contributed by atoms with van der Waals surface area (Å²) in [5.74, 6) is -0.530. The van der Waals surface area contributed by atoms with Gasteiger partial charge in [0.1, 0.15) is 10.8 Å². The first-order valence-electron chi connectivity index (χ1n) is 4.27. The van der Waals surface area contributed by atoms with Crippen molar-refractivity contribution in [2.45, 2.75) is 0 Å². The first-order chi connectivity index (χ1) is 7.18. The van der Waals surface area contributed by atoms with Crippen molar-refractivity contribution in [3.8, 4) is 11.1 Å². The van der Waals surface area contributed by atoms with Gasteiger partial charge >= 0.3 is 0 Å². The number of nitrogens with one attached hydrogen (secondary N) is 1. The van der Waals surface area contributed by atoms with E-state index in [0.717, 1.165) is 11.1 Å². The van der Waals surface area contributed by atoms with Gasteiger partial charge in [-0.3, -0.25) is 9.78 Å². The van der Waals surface area contributed by atoms with Crippen LogP contribution in [0.15, 0.2) is 30.6 Å². The second kappa shape index (κ2) is 3.74. The molecule has 0 bridgehead atoms. The molecule has 3 N–H and O–H groups in total. The predicted molar refractivity (Wildman–Crippen MR) is 57.6 cm³/mol. The van der Waals surface area contributed by atoms with Crippen LogP contribution in [0.5, 0.6) is 0 Å². The van der Waals surface area contributed by atoms with E-state index in [9.17, 15) is 4.79 Å². The molecule has 0 aliphatic rings. The molecule has 2 aromatic rings. The molecule has 0 saturated heterocycles. The molecule has 5 heteroatoms. The first kappa shape index (κ1) is 9.73. The Hall–Kier alpha value is -1.81. The van der Waals surface area contributed by atoms with Crippen LogP contribution in [0.4, 0.5) is 0 Å². The van der Waals surface area contributed by atoms with Gasteiger partial charge in [0, 0.05) is 18.0 Å². The van der Waals surface area contributed by atoms with Gasteiger partial charge in [0.15, 0.2) is 0 Å². The van der Waals surface area contributed by atoms with Crippen LogP contribution in [-0.4, -0.2) is 15.9 Å². The topological polar surface area (TPSA) is 71.8 Å². The summed E-state index contributed by atoms with van der Waals surface area (Å²) in [4.78, 5) is 17.5. The van der Waals surface area contributed by atoms with Gasteiger partial charge in [-0.15, -0.1) is 0 Å². The van der Waals surface area contributed by atoms with Crippen LogP contribution in [0.1, 0.15) is 10.5 Å². The van der Waals surface area contributed by atoms with E-state index in [4.69, 9.17) is 17.3 Å². The highest BCUT2D eigenvalue weighted by Gasteiger charge is 2.10. The number of rotatable bonds is 2. The summed E-state index contributed by atoms with van der Waals surface area (Å²) in [6, 6.07) is 5.24. The van der Waals surface area contributed by atoms with Crippen LogP contribution in [-0.2, 0) is 0 Å². The molecule has 0 saturated carbocycles. The zero-order valence-corrected chi connectivity index (χ0v) is 8.45. The van der Waals surface area contributed by atoms with Gasteiger partial charge < -0.3 is 10.7 Å². The van der Waals surface area contributed by atoms with E-state index in [-0.39, 0.29) is 0 Å². The minimum absolute atomic E-state index is 0.298. The first-order valence-corrected chi connectivity index (χ1v) is 4.65. The van der Waals surface area contributed by atoms with Crippen molar-refractivity contribution in [2.24, 2.45) is 5.73 Å². The summed E-state index contributed by atoms with van der Waals surface area (Å²) in [6.45, 7) is 0. The van der Waals surface area contributed by atoms with Gasteiger partial charge in [0.2, 0.25) is 0 Å². The molecule has 0 fully saturated rings. The molecule has 4 nitrogen and oxygen atoms in total. The lowest BCUT2D eigenvalue weighted by atomic mass is 10.1. The molecule has 76 valence electrons. The number of nitrogens with two attached hydrogens (primary N) is 1. The number of H-pyrrole nitrogens is 1. The standard InChI is InChI=1S/C10H8ClN3O/c11-9-7(5-8(14-9)10(12)15)6-1-3-13-4-2-6/h1-5,14H,(H2,12,15). The molecule has 0 atom stereocenters. The van der Waals surface area contributed by atoms with E-state index in [2.05, 4.69) is 9.97 Å². The van der Waals surface area contributed by atoms with Gasteiger partial charge in [-0.25, -0.2) is 0 Å². The van der Waals surface area contributed by atoms with Crippen molar-refractivity contribution in [3.63, 3.8) is 0 Å². The van der Waals surface area contributed by atoms with Crippen LogP contribution >= 0.6 is 11.6 Å². The van der Waals surface area contributed by atoms with Gasteiger partial charge in [0.05, 0.1) is 0 Å². The molecule has 1 amide bonds. The summed E-state index contributed by atoms with van der Waals surface area (Å²) in [6.07, 6.45) is 3.31. The highest BCUT2D eigenvalue weighted by molar-refractivity contribution is 6.32. The Morgan fingerprint density at radius 3 is 2.60 bits per heavy atom. The Morgan fingerprint density at radius 2 is 2.07 bits per heavy atom. The number of hydrogen-bond acceptors (Lipinski definition) is 2. The van der Waals surface area contributed by atoms with Gasteiger partial charge in [-0.2, -0.15) is 0 Å². The normalized spacial score (nSPS) is 10.2. The lowest BCUT2D eigenvalue weighted by Gasteiger charge is -1.96. The molecule has 2 rings (SSSR count). The second-order valence-electron chi connectivity index (χ2n) is 3.01. The van der Waals surface area contributed by atoms with Crippen molar-refractivity contribution in [2.75, 3.05) is 0 Å². The summed E-state index contributed by atoms with van der Waals surface area (Å²) in [5.41, 5.74) is 7.06. The Bertz CT molecular complexity index is 493. The Balaban J connectivity index is 2.50. The maximum absolute atomic E-state index is 10.9. The molecule has 0 aromatic carbocycles. The molecule has 0 spiro atoms. The fourth-order valence-corrected chi connectivity index (χ4v) is 1.57. The van der Waals surface area contributed by atoms with E-state index in [1.807, 2.05) is 0 Å². The zero-order valence-electron chi connectivity index (χ0n) is 7.70. The molecule has 0 aliphatic carbocycles. The van der Waals surface area contributed by atoms with Crippen LogP contribution in [0.3, 0.4) is 0 Å². The number of hydrogen-bond donors (Lipinski definition) is 2. The van der Waals surface area contributed by atoms with E-state index in [1.165, 1.54) is 0 Å². The average molecular weight is 222 g/mol. The zero-order chi connectivity index (χ0) is 10.8. The molecule has 0 aliphatic heterocycles. The third-order valence-corrected chi connectivity index (χ3v) is 2.32. The van der Waals surface area contributed by atoms with Crippen molar-refractivity contribution in [1.29, 1.82) is 0 Å². The minimum Gasteiger partial charge on any atom is -0.364 e. The smallest absolute Gasteiger partial charge is 0.265 e. The molecule has 15 heavy (non-hydrogen) atoms. The Labute approximate surface area is 91.1 Å². The number of aromatic nitrogens is 2. The second-order valence-corrected chi connectivity index (χ2v) is 3.39. The van der Waals surface area contributed by atoms with Crippen molar-refractivity contribution in [1.82, 2.24) is 9.97 Å². The van der Waals surface area contributed by atoms with Crippen molar-refractivity contribution < 1.29 is 4.79 Å². The number of carbonyl (C=O) groups excluding carboxylic acids is 1. The summed E-state index contributed by atoms with van der Waals surface area (Å²) < 4.78 is 0. The van der Waals surface area contributed by atoms with Crippen LogP contribution in [0.2, 0.25) is 5.15 Å². The fourth-order valence-electron chi connectivity index (χ4n) is 1.30. The SMILES string of the molecule is NC(=O)c1cc(-c2ccncc2)c(Cl)[nH]1.